The average molecular weight is 798 g/mol. The molecule has 0 aliphatic carbocycles. The van der Waals surface area contributed by atoms with E-state index < -0.39 is 27.6 Å². The lowest BCUT2D eigenvalue weighted by Gasteiger charge is -2.50. The van der Waals surface area contributed by atoms with E-state index in [-0.39, 0.29) is 36.0 Å². The van der Waals surface area contributed by atoms with Gasteiger partial charge in [0.1, 0.15) is 17.4 Å². The number of fused-ring (bicyclic) bond motifs is 1. The molecule has 3 aliphatic rings. The molecule has 1 unspecified atom stereocenters. The Balaban J connectivity index is 1.17. The molecule has 310 valence electrons. The molecule has 0 spiro atoms. The molecule has 2 amide bonds. The van der Waals surface area contributed by atoms with Gasteiger partial charge < -0.3 is 24.4 Å². The van der Waals surface area contributed by atoms with Crippen LogP contribution in [0, 0.1) is 18.8 Å². The van der Waals surface area contributed by atoms with Gasteiger partial charge in [-0.1, -0.05) is 29.8 Å². The highest BCUT2D eigenvalue weighted by Gasteiger charge is 2.39. The lowest BCUT2D eigenvalue weighted by atomic mass is 9.85. The first-order valence-electron chi connectivity index (χ1n) is 20.2. The number of amides is 2. The molecule has 3 aliphatic heterocycles. The largest absolute Gasteiger partial charge is 0.497 e. The summed E-state index contributed by atoms with van der Waals surface area (Å²) in [7, 11) is -2.34. The van der Waals surface area contributed by atoms with Gasteiger partial charge in [-0.05, 0) is 128 Å². The molecule has 0 radical (unpaired) electrons. The van der Waals surface area contributed by atoms with Crippen molar-refractivity contribution in [2.45, 2.75) is 108 Å². The van der Waals surface area contributed by atoms with E-state index >= 15 is 0 Å². The number of aryl methyl sites for hydroxylation is 1. The number of nitrogens with zero attached hydrogens (tertiary/aromatic N) is 3. The lowest BCUT2D eigenvalue weighted by Crippen LogP contribution is -2.61. The van der Waals surface area contributed by atoms with Crippen molar-refractivity contribution in [1.82, 2.24) is 24.7 Å². The Bertz CT molecular complexity index is 1710. The fourth-order valence-corrected chi connectivity index (χ4v) is 9.31. The average Bonchev–Trinajstić information content (AvgIpc) is 3.15. The zero-order chi connectivity index (χ0) is 40.5. The van der Waals surface area contributed by atoms with Crippen LogP contribution in [0.5, 0.6) is 5.75 Å². The second-order valence-electron chi connectivity index (χ2n) is 16.7. The number of methoxy groups -OCH3 is 1. The van der Waals surface area contributed by atoms with Crippen LogP contribution in [0.15, 0.2) is 53.4 Å². The van der Waals surface area contributed by atoms with Gasteiger partial charge in [0.2, 0.25) is 15.9 Å². The summed E-state index contributed by atoms with van der Waals surface area (Å²) in [6.45, 7) is 14.3. The van der Waals surface area contributed by atoms with Gasteiger partial charge in [-0.2, -0.15) is 4.72 Å². The molecule has 2 aromatic carbocycles. The highest BCUT2D eigenvalue weighted by molar-refractivity contribution is 7.89. The fraction of sp³-hybridized carbons (Fsp3) is 0.643. The van der Waals surface area contributed by atoms with E-state index in [4.69, 9.17) is 14.2 Å². The van der Waals surface area contributed by atoms with Gasteiger partial charge in [0.15, 0.2) is 0 Å². The Morgan fingerprint density at radius 1 is 0.929 bits per heavy atom. The van der Waals surface area contributed by atoms with Crippen LogP contribution in [0.25, 0.3) is 0 Å². The van der Waals surface area contributed by atoms with Crippen LogP contribution in [0.4, 0.5) is 4.79 Å². The summed E-state index contributed by atoms with van der Waals surface area (Å²) >= 11 is 0. The quantitative estimate of drug-likeness (QED) is 0.242. The van der Waals surface area contributed by atoms with E-state index in [9.17, 15) is 22.8 Å². The minimum Gasteiger partial charge on any atom is -0.497 e. The Kier molecular flexibility index (Phi) is 15.2. The number of sulfonamides is 1. The molecule has 3 heterocycles. The molecule has 14 heteroatoms. The predicted octanol–water partition coefficient (Wildman–Crippen LogP) is 4.76. The normalized spacial score (nSPS) is 21.8. The van der Waals surface area contributed by atoms with Crippen molar-refractivity contribution in [2.24, 2.45) is 11.8 Å². The van der Waals surface area contributed by atoms with Gasteiger partial charge in [0.05, 0.1) is 18.6 Å². The van der Waals surface area contributed by atoms with Crippen molar-refractivity contribution < 1.29 is 37.0 Å². The van der Waals surface area contributed by atoms with Crippen molar-refractivity contribution in [1.29, 1.82) is 0 Å². The van der Waals surface area contributed by atoms with Crippen LogP contribution in [0.3, 0.4) is 0 Å². The van der Waals surface area contributed by atoms with E-state index in [0.29, 0.717) is 37.5 Å². The van der Waals surface area contributed by atoms with Crippen LogP contribution in [-0.4, -0.2) is 124 Å². The molecule has 56 heavy (non-hydrogen) atoms. The van der Waals surface area contributed by atoms with Crippen molar-refractivity contribution in [2.75, 3.05) is 59.5 Å². The number of carbonyl (C=O) groups excluding carboxylic acids is 3. The monoisotopic (exact) mass is 797 g/mol. The highest BCUT2D eigenvalue weighted by Crippen LogP contribution is 2.32. The third kappa shape index (κ3) is 12.6. The van der Waals surface area contributed by atoms with Gasteiger partial charge in [-0.25, -0.2) is 13.2 Å². The lowest BCUT2D eigenvalue weighted by molar-refractivity contribution is -0.145. The third-order valence-electron chi connectivity index (χ3n) is 11.3. The van der Waals surface area contributed by atoms with E-state index in [0.717, 1.165) is 76.0 Å². The van der Waals surface area contributed by atoms with Crippen LogP contribution in [0.2, 0.25) is 0 Å². The summed E-state index contributed by atoms with van der Waals surface area (Å²) in [5, 5.41) is 2.82. The zero-order valence-electron chi connectivity index (χ0n) is 34.1. The van der Waals surface area contributed by atoms with Gasteiger partial charge in [0.25, 0.3) is 0 Å². The van der Waals surface area contributed by atoms with E-state index in [1.165, 1.54) is 17.7 Å². The Labute approximate surface area is 333 Å². The maximum atomic E-state index is 13.3. The molecule has 2 aromatic rings. The van der Waals surface area contributed by atoms with E-state index in [2.05, 4.69) is 32.0 Å². The number of hydrogen-bond acceptors (Lipinski definition) is 10. The summed E-state index contributed by atoms with van der Waals surface area (Å²) in [6.07, 6.45) is 5.77. The van der Waals surface area contributed by atoms with Crippen LogP contribution < -0.4 is 14.8 Å². The number of ether oxygens (including phenoxy) is 3. The number of nitrogens with one attached hydrogen (secondary N) is 2. The molecule has 0 aromatic heterocycles. The molecule has 13 nitrogen and oxygen atoms in total. The summed E-state index contributed by atoms with van der Waals surface area (Å²) < 4.78 is 44.8. The minimum atomic E-state index is -4.02. The van der Waals surface area contributed by atoms with Crippen molar-refractivity contribution in [3.63, 3.8) is 0 Å². The van der Waals surface area contributed by atoms with Crippen molar-refractivity contribution >= 4 is 28.0 Å². The number of piperazine rings is 1. The topological polar surface area (TPSA) is 147 Å². The zero-order valence-corrected chi connectivity index (χ0v) is 34.9. The fourth-order valence-electron chi connectivity index (χ4n) is 8.12. The number of esters is 1. The van der Waals surface area contributed by atoms with E-state index in [1.807, 2.05) is 44.7 Å². The second kappa shape index (κ2) is 19.6. The van der Waals surface area contributed by atoms with Gasteiger partial charge in [-0.3, -0.25) is 19.4 Å². The molecule has 0 bridgehead atoms. The highest BCUT2D eigenvalue weighted by atomic mass is 32.2. The number of carbonyl (C=O) groups is 3. The van der Waals surface area contributed by atoms with Gasteiger partial charge >= 0.3 is 12.1 Å². The smallest absolute Gasteiger partial charge is 0.410 e. The first kappa shape index (κ1) is 43.4. The molecule has 4 atom stereocenters. The van der Waals surface area contributed by atoms with Gasteiger partial charge in [0, 0.05) is 51.2 Å². The van der Waals surface area contributed by atoms with Crippen LogP contribution in [-0.2, 0) is 35.5 Å². The van der Waals surface area contributed by atoms with E-state index in [1.54, 1.807) is 26.2 Å². The molecule has 2 N–H and O–H groups in total. The summed E-state index contributed by atoms with van der Waals surface area (Å²) in [5.74, 6) is 0.597. The summed E-state index contributed by atoms with van der Waals surface area (Å²) in [4.78, 5) is 45.8. The first-order valence-corrected chi connectivity index (χ1v) is 21.7. The molecular formula is C42H63N5O8S. The SMILES string of the molecule is CCOC(=O)[C@H](CNC(=O)CC1CCN2C[C@H](Cc3ccc(OC)cc3)N(CCC3CCN(C(=O)OC(C)(C)C)CC3)C[C@H]2C1)NS(=O)(=O)c1ccc(C)cc1. The van der Waals surface area contributed by atoms with Gasteiger partial charge in [-0.15, -0.1) is 0 Å². The molecule has 0 saturated carbocycles. The molecule has 5 rings (SSSR count). The number of benzene rings is 2. The molecular weight excluding hydrogens is 735 g/mol. The Hall–Kier alpha value is -3.72. The third-order valence-corrected chi connectivity index (χ3v) is 12.7. The van der Waals surface area contributed by atoms with Crippen LogP contribution in [0.1, 0.15) is 77.3 Å². The predicted molar refractivity (Wildman–Crippen MR) is 215 cm³/mol. The number of hydrogen-bond donors (Lipinski definition) is 2. The number of likely N-dealkylation sites (tertiary alicyclic amines) is 1. The Morgan fingerprint density at radius 2 is 1.61 bits per heavy atom. The van der Waals surface area contributed by atoms with Crippen molar-refractivity contribution in [3.8, 4) is 5.75 Å². The molecule has 3 fully saturated rings. The standard InChI is InChI=1S/C42H63N5O8S/c1-7-54-40(49)38(44-56(51,52)37-14-8-30(2)9-15-37)27-43-39(48)26-33-19-23-47-28-34(24-32-10-12-36(53-6)13-11-32)46(29-35(47)25-33)22-18-31-16-20-45(21-17-31)41(50)55-42(3,4)5/h8-15,31,33-35,38,44H,7,16-29H2,1-6H3,(H,43,48)/t33?,34-,35+,38-/m0/s1. The second-order valence-corrected chi connectivity index (χ2v) is 18.4. The van der Waals surface area contributed by atoms with Crippen molar-refractivity contribution in [3.05, 3.63) is 59.7 Å². The minimum absolute atomic E-state index is 0.0341. The number of piperidine rings is 2. The summed E-state index contributed by atoms with van der Waals surface area (Å²) in [5.41, 5.74) is 1.68. The first-order chi connectivity index (χ1) is 26.6. The Morgan fingerprint density at radius 3 is 2.25 bits per heavy atom. The molecule has 3 saturated heterocycles. The van der Waals surface area contributed by atoms with Crippen LogP contribution >= 0.6 is 0 Å². The number of rotatable bonds is 15. The maximum Gasteiger partial charge on any atom is 0.410 e. The summed E-state index contributed by atoms with van der Waals surface area (Å²) in [6, 6.07) is 14.1. The maximum absolute atomic E-state index is 13.3.